The summed E-state index contributed by atoms with van der Waals surface area (Å²) < 4.78 is 14.5. The molecule has 0 saturated heterocycles. The fourth-order valence-corrected chi connectivity index (χ4v) is 2.90. The number of hydrogen-bond acceptors (Lipinski definition) is 3. The summed E-state index contributed by atoms with van der Waals surface area (Å²) in [4.78, 5) is 14.1. The van der Waals surface area contributed by atoms with Gasteiger partial charge in [0.05, 0.1) is 0 Å². The van der Waals surface area contributed by atoms with Crippen LogP contribution in [0.25, 0.3) is 0 Å². The number of carbonyl (C=O) groups excluding carboxylic acids is 1. The Morgan fingerprint density at radius 3 is 2.37 bits per heavy atom. The summed E-state index contributed by atoms with van der Waals surface area (Å²) in [6.45, 7) is 0.687. The van der Waals surface area contributed by atoms with Crippen LogP contribution in [-0.4, -0.2) is 32.6 Å². The highest BCUT2D eigenvalue weighted by Crippen LogP contribution is 2.32. The third-order valence-corrected chi connectivity index (χ3v) is 4.42. The molecule has 0 bridgehead atoms. The predicted octanol–water partition coefficient (Wildman–Crippen LogP) is 3.55. The highest BCUT2D eigenvalue weighted by Gasteiger charge is 2.23. The first kappa shape index (κ1) is 18.5. The van der Waals surface area contributed by atoms with Crippen LogP contribution in [0, 0.1) is 5.82 Å². The van der Waals surface area contributed by atoms with Gasteiger partial charge in [0.25, 0.3) is 5.91 Å². The van der Waals surface area contributed by atoms with Gasteiger partial charge in [-0.05, 0) is 29.7 Å². The SMILES string of the molecule is CN(Cc1ccc(F)cc1)C(=O)c1cn(CCc2ccccc2)c(O)c1O. The number of nitrogens with zero attached hydrogens (tertiary/aromatic N) is 2. The molecular weight excluding hydrogens is 347 g/mol. The highest BCUT2D eigenvalue weighted by molar-refractivity contribution is 5.97. The van der Waals surface area contributed by atoms with Gasteiger partial charge in [-0.15, -0.1) is 0 Å². The molecule has 0 aliphatic carbocycles. The molecule has 2 N–H and O–H groups in total. The zero-order valence-corrected chi connectivity index (χ0v) is 15.0. The first-order valence-electron chi connectivity index (χ1n) is 8.60. The Morgan fingerprint density at radius 2 is 1.70 bits per heavy atom. The molecule has 2 aromatic carbocycles. The fourth-order valence-electron chi connectivity index (χ4n) is 2.90. The molecule has 27 heavy (non-hydrogen) atoms. The number of benzene rings is 2. The van der Waals surface area contributed by atoms with E-state index < -0.39 is 11.7 Å². The Hall–Kier alpha value is -3.28. The van der Waals surface area contributed by atoms with Gasteiger partial charge >= 0.3 is 0 Å². The van der Waals surface area contributed by atoms with Gasteiger partial charge in [-0.2, -0.15) is 0 Å². The van der Waals surface area contributed by atoms with Gasteiger partial charge in [0, 0.05) is 26.3 Å². The average molecular weight is 368 g/mol. The van der Waals surface area contributed by atoms with Crippen molar-refractivity contribution >= 4 is 5.91 Å². The van der Waals surface area contributed by atoms with E-state index in [-0.39, 0.29) is 23.8 Å². The minimum absolute atomic E-state index is 0.0326. The smallest absolute Gasteiger partial charge is 0.259 e. The highest BCUT2D eigenvalue weighted by atomic mass is 19.1. The minimum atomic E-state index is -0.431. The summed E-state index contributed by atoms with van der Waals surface area (Å²) >= 11 is 0. The molecule has 0 radical (unpaired) electrons. The molecule has 0 unspecified atom stereocenters. The third-order valence-electron chi connectivity index (χ3n) is 4.42. The first-order chi connectivity index (χ1) is 13.0. The van der Waals surface area contributed by atoms with Crippen LogP contribution in [0.15, 0.2) is 60.8 Å². The monoisotopic (exact) mass is 368 g/mol. The summed E-state index contributed by atoms with van der Waals surface area (Å²) in [5, 5.41) is 20.3. The normalized spacial score (nSPS) is 10.7. The van der Waals surface area contributed by atoms with E-state index in [1.165, 1.54) is 27.8 Å². The largest absolute Gasteiger partial charge is 0.503 e. The summed E-state index contributed by atoms with van der Waals surface area (Å²) in [7, 11) is 1.59. The van der Waals surface area contributed by atoms with Crippen LogP contribution in [0.5, 0.6) is 11.6 Å². The number of rotatable bonds is 6. The Morgan fingerprint density at radius 1 is 1.04 bits per heavy atom. The van der Waals surface area contributed by atoms with E-state index in [1.807, 2.05) is 30.3 Å². The van der Waals surface area contributed by atoms with Crippen molar-refractivity contribution in [1.29, 1.82) is 0 Å². The lowest BCUT2D eigenvalue weighted by molar-refractivity contribution is 0.0782. The van der Waals surface area contributed by atoms with Gasteiger partial charge in [-0.3, -0.25) is 4.79 Å². The number of hydrogen-bond donors (Lipinski definition) is 2. The Kier molecular flexibility index (Phi) is 5.45. The number of carbonyl (C=O) groups is 1. The van der Waals surface area contributed by atoms with Crippen molar-refractivity contribution in [3.63, 3.8) is 0 Å². The van der Waals surface area contributed by atoms with Gasteiger partial charge in [-0.1, -0.05) is 42.5 Å². The molecule has 0 saturated carbocycles. The molecule has 3 rings (SSSR count). The van der Waals surface area contributed by atoms with Crippen molar-refractivity contribution < 1.29 is 19.4 Å². The van der Waals surface area contributed by atoms with E-state index in [2.05, 4.69) is 0 Å². The van der Waals surface area contributed by atoms with Crippen LogP contribution >= 0.6 is 0 Å². The van der Waals surface area contributed by atoms with Crippen molar-refractivity contribution in [2.75, 3.05) is 7.05 Å². The summed E-state index contributed by atoms with van der Waals surface area (Å²) in [6.07, 6.45) is 2.11. The van der Waals surface area contributed by atoms with Gasteiger partial charge in [-0.25, -0.2) is 4.39 Å². The number of aromatic hydroxyl groups is 2. The second-order valence-corrected chi connectivity index (χ2v) is 6.43. The number of aromatic nitrogens is 1. The van der Waals surface area contributed by atoms with E-state index in [0.29, 0.717) is 13.0 Å². The van der Waals surface area contributed by atoms with Crippen molar-refractivity contribution in [1.82, 2.24) is 9.47 Å². The van der Waals surface area contributed by atoms with E-state index >= 15 is 0 Å². The topological polar surface area (TPSA) is 65.7 Å². The van der Waals surface area contributed by atoms with Gasteiger partial charge in [0.2, 0.25) is 5.88 Å². The zero-order chi connectivity index (χ0) is 19.4. The molecule has 1 aromatic heterocycles. The molecule has 140 valence electrons. The van der Waals surface area contributed by atoms with E-state index in [1.54, 1.807) is 19.2 Å². The summed E-state index contributed by atoms with van der Waals surface area (Å²) in [5.41, 5.74) is 1.89. The zero-order valence-electron chi connectivity index (χ0n) is 15.0. The van der Waals surface area contributed by atoms with E-state index in [4.69, 9.17) is 0 Å². The van der Waals surface area contributed by atoms with Crippen molar-refractivity contribution in [3.05, 3.63) is 83.3 Å². The summed E-state index contributed by atoms with van der Waals surface area (Å²) in [5.74, 6) is -1.53. The fraction of sp³-hybridized carbons (Fsp3) is 0.190. The minimum Gasteiger partial charge on any atom is -0.503 e. The van der Waals surface area contributed by atoms with E-state index in [0.717, 1.165) is 11.1 Å². The lowest BCUT2D eigenvalue weighted by Gasteiger charge is -2.16. The Bertz CT molecular complexity index is 921. The maximum atomic E-state index is 13.0. The van der Waals surface area contributed by atoms with E-state index in [9.17, 15) is 19.4 Å². The maximum absolute atomic E-state index is 13.0. The lowest BCUT2D eigenvalue weighted by atomic mass is 10.1. The van der Waals surface area contributed by atoms with Crippen LogP contribution < -0.4 is 0 Å². The molecular formula is C21H21FN2O3. The Labute approximate surface area is 156 Å². The summed E-state index contributed by atoms with van der Waals surface area (Å²) in [6, 6.07) is 15.6. The lowest BCUT2D eigenvalue weighted by Crippen LogP contribution is -2.26. The quantitative estimate of drug-likeness (QED) is 0.699. The molecule has 5 nitrogen and oxygen atoms in total. The van der Waals surface area contributed by atoms with Crippen molar-refractivity contribution in [2.45, 2.75) is 19.5 Å². The Balaban J connectivity index is 1.71. The molecule has 0 spiro atoms. The van der Waals surface area contributed by atoms with Crippen LogP contribution in [0.1, 0.15) is 21.5 Å². The number of amides is 1. The second-order valence-electron chi connectivity index (χ2n) is 6.43. The molecule has 3 aromatic rings. The first-order valence-corrected chi connectivity index (χ1v) is 8.60. The standard InChI is InChI=1S/C21H21FN2O3/c1-23(13-16-7-9-17(22)10-8-16)20(26)18-14-24(21(27)19(18)25)12-11-15-5-3-2-4-6-15/h2-10,14,25,27H,11-13H2,1H3. The van der Waals surface area contributed by atoms with Gasteiger partial charge in [0.1, 0.15) is 11.4 Å². The molecule has 0 aliphatic heterocycles. The second kappa shape index (κ2) is 7.95. The maximum Gasteiger partial charge on any atom is 0.259 e. The van der Waals surface area contributed by atoms with Crippen molar-refractivity contribution in [2.24, 2.45) is 0 Å². The molecule has 1 amide bonds. The number of halogens is 1. The molecule has 0 fully saturated rings. The van der Waals surface area contributed by atoms with Gasteiger partial charge in [0.15, 0.2) is 5.75 Å². The predicted molar refractivity (Wildman–Crippen MR) is 100 cm³/mol. The number of aryl methyl sites for hydroxylation is 2. The van der Waals surface area contributed by atoms with Crippen LogP contribution in [0.4, 0.5) is 4.39 Å². The van der Waals surface area contributed by atoms with Gasteiger partial charge < -0.3 is 19.7 Å². The van der Waals surface area contributed by atoms with Crippen LogP contribution in [0.2, 0.25) is 0 Å². The third kappa shape index (κ3) is 4.28. The van der Waals surface area contributed by atoms with Crippen molar-refractivity contribution in [3.8, 4) is 11.6 Å². The molecule has 0 aliphatic rings. The van der Waals surface area contributed by atoms with Crippen LogP contribution in [-0.2, 0) is 19.5 Å². The van der Waals surface area contributed by atoms with Crippen LogP contribution in [0.3, 0.4) is 0 Å². The molecule has 1 heterocycles. The average Bonchev–Trinajstić information content (AvgIpc) is 2.96. The molecule has 6 heteroatoms. The molecule has 0 atom stereocenters.